The molecular weight excluding hydrogens is 340 g/mol. The zero-order chi connectivity index (χ0) is 17.6. The molecular formula is C18H19ClN4O2. The number of hydrogen-bond acceptors (Lipinski definition) is 3. The van der Waals surface area contributed by atoms with Gasteiger partial charge in [-0.05, 0) is 25.1 Å². The maximum Gasteiger partial charge on any atom is 0.247 e. The van der Waals surface area contributed by atoms with Crippen LogP contribution in [-0.4, -0.2) is 39.2 Å². The number of carbonyl (C=O) groups is 1. The number of methoxy groups -OCH3 is 1. The van der Waals surface area contributed by atoms with Gasteiger partial charge in [-0.25, -0.2) is 0 Å². The quantitative estimate of drug-likeness (QED) is 0.782. The van der Waals surface area contributed by atoms with Gasteiger partial charge in [-0.3, -0.25) is 9.48 Å². The van der Waals surface area contributed by atoms with Gasteiger partial charge in [0, 0.05) is 47.9 Å². The van der Waals surface area contributed by atoms with E-state index in [1.165, 1.54) is 11.3 Å². The van der Waals surface area contributed by atoms with Crippen LogP contribution < -0.4 is 4.74 Å². The van der Waals surface area contributed by atoms with Gasteiger partial charge in [0.1, 0.15) is 11.8 Å². The first-order valence-corrected chi connectivity index (χ1v) is 8.60. The van der Waals surface area contributed by atoms with E-state index >= 15 is 0 Å². The number of H-pyrrole nitrogens is 1. The first-order valence-electron chi connectivity index (χ1n) is 8.22. The molecule has 7 heteroatoms. The number of aromatic nitrogens is 3. The van der Waals surface area contributed by atoms with Crippen molar-refractivity contribution in [1.29, 1.82) is 0 Å². The number of nitrogens with one attached hydrogen (secondary N) is 1. The molecule has 1 aromatic carbocycles. The van der Waals surface area contributed by atoms with Crippen molar-refractivity contribution in [1.82, 2.24) is 19.7 Å². The average molecular weight is 359 g/mol. The van der Waals surface area contributed by atoms with Crippen LogP contribution in [-0.2, 0) is 17.8 Å². The summed E-state index contributed by atoms with van der Waals surface area (Å²) < 4.78 is 6.95. The van der Waals surface area contributed by atoms with Crippen LogP contribution in [0.2, 0.25) is 5.02 Å². The average Bonchev–Trinajstić information content (AvgIpc) is 3.22. The Morgan fingerprint density at radius 1 is 1.44 bits per heavy atom. The van der Waals surface area contributed by atoms with Crippen LogP contribution in [0.4, 0.5) is 0 Å². The van der Waals surface area contributed by atoms with Gasteiger partial charge in [0.15, 0.2) is 0 Å². The summed E-state index contributed by atoms with van der Waals surface area (Å²) in [5.74, 6) is 0.861. The van der Waals surface area contributed by atoms with Crippen LogP contribution in [0.3, 0.4) is 0 Å². The second-order valence-corrected chi connectivity index (χ2v) is 6.75. The molecule has 3 aromatic rings. The van der Waals surface area contributed by atoms with E-state index in [2.05, 4.69) is 10.1 Å². The summed E-state index contributed by atoms with van der Waals surface area (Å²) in [6, 6.07) is 5.60. The van der Waals surface area contributed by atoms with Gasteiger partial charge in [0.05, 0.1) is 18.3 Å². The monoisotopic (exact) mass is 358 g/mol. The van der Waals surface area contributed by atoms with Gasteiger partial charge < -0.3 is 14.6 Å². The maximum absolute atomic E-state index is 12.9. The third-order valence-electron chi connectivity index (χ3n) is 4.82. The van der Waals surface area contributed by atoms with Gasteiger partial charge in [-0.1, -0.05) is 11.6 Å². The number of aromatic amines is 1. The van der Waals surface area contributed by atoms with E-state index in [1.807, 2.05) is 30.0 Å². The Kier molecular flexibility index (Phi) is 3.92. The van der Waals surface area contributed by atoms with E-state index in [-0.39, 0.29) is 11.9 Å². The van der Waals surface area contributed by atoms with Crippen molar-refractivity contribution in [3.8, 4) is 5.75 Å². The molecule has 130 valence electrons. The van der Waals surface area contributed by atoms with Gasteiger partial charge in [0.2, 0.25) is 5.91 Å². The van der Waals surface area contributed by atoms with Crippen LogP contribution in [0.25, 0.3) is 10.9 Å². The molecule has 0 fully saturated rings. The smallest absolute Gasteiger partial charge is 0.247 e. The summed E-state index contributed by atoms with van der Waals surface area (Å²) in [4.78, 5) is 18.2. The highest BCUT2D eigenvalue weighted by molar-refractivity contribution is 6.30. The Hall–Kier alpha value is -2.47. The minimum atomic E-state index is -0.381. The van der Waals surface area contributed by atoms with Crippen molar-refractivity contribution in [2.75, 3.05) is 13.7 Å². The maximum atomic E-state index is 12.9. The number of rotatable bonds is 3. The molecule has 0 radical (unpaired) electrons. The number of nitrogens with zero attached hydrogens (tertiary/aromatic N) is 3. The number of carbonyl (C=O) groups excluding carboxylic acids is 1. The molecule has 0 aliphatic carbocycles. The number of hydrogen-bond donors (Lipinski definition) is 1. The van der Waals surface area contributed by atoms with Gasteiger partial charge in [0.25, 0.3) is 0 Å². The third kappa shape index (κ3) is 2.76. The standard InChI is InChI=1S/C18H19ClN4O2/c1-11(23-9-12(19)8-20-23)18(24)22-6-5-17-15(10-22)14-7-13(25-2)3-4-16(14)21-17/h3-4,7-9,11,21H,5-6,10H2,1-2H3/t11-/m1/s1. The minimum Gasteiger partial charge on any atom is -0.497 e. The van der Waals surface area contributed by atoms with E-state index in [9.17, 15) is 4.79 Å². The highest BCUT2D eigenvalue weighted by Crippen LogP contribution is 2.31. The molecule has 0 saturated heterocycles. The molecule has 0 spiro atoms. The predicted molar refractivity (Wildman–Crippen MR) is 95.9 cm³/mol. The van der Waals surface area contributed by atoms with Crippen LogP contribution in [0.5, 0.6) is 5.75 Å². The van der Waals surface area contributed by atoms with Crippen LogP contribution >= 0.6 is 11.6 Å². The van der Waals surface area contributed by atoms with Gasteiger partial charge in [-0.15, -0.1) is 0 Å². The van der Waals surface area contributed by atoms with Gasteiger partial charge >= 0.3 is 0 Å². The molecule has 0 saturated carbocycles. The highest BCUT2D eigenvalue weighted by atomic mass is 35.5. The first kappa shape index (κ1) is 16.0. The molecule has 4 rings (SSSR count). The zero-order valence-electron chi connectivity index (χ0n) is 14.1. The van der Waals surface area contributed by atoms with E-state index < -0.39 is 0 Å². The molecule has 0 unspecified atom stereocenters. The second-order valence-electron chi connectivity index (χ2n) is 6.32. The Morgan fingerprint density at radius 2 is 2.28 bits per heavy atom. The highest BCUT2D eigenvalue weighted by Gasteiger charge is 2.28. The number of fused-ring (bicyclic) bond motifs is 3. The topological polar surface area (TPSA) is 63.1 Å². The summed E-state index contributed by atoms with van der Waals surface area (Å²) >= 11 is 5.92. The van der Waals surface area contributed by atoms with Crippen molar-refractivity contribution < 1.29 is 9.53 Å². The van der Waals surface area contributed by atoms with Crippen molar-refractivity contribution in [3.05, 3.63) is 46.9 Å². The van der Waals surface area contributed by atoms with Crippen molar-refractivity contribution >= 4 is 28.4 Å². The molecule has 0 bridgehead atoms. The Morgan fingerprint density at radius 3 is 3.00 bits per heavy atom. The first-order chi connectivity index (χ1) is 12.1. The van der Waals surface area contributed by atoms with E-state index in [1.54, 1.807) is 24.2 Å². The number of amides is 1. The van der Waals surface area contributed by atoms with Crippen molar-refractivity contribution in [3.63, 3.8) is 0 Å². The number of ether oxygens (including phenoxy) is 1. The van der Waals surface area contributed by atoms with E-state index in [0.717, 1.165) is 23.1 Å². The summed E-state index contributed by atoms with van der Waals surface area (Å²) in [6.07, 6.45) is 4.03. The molecule has 1 amide bonds. The molecule has 6 nitrogen and oxygen atoms in total. The fraction of sp³-hybridized carbons (Fsp3) is 0.333. The Bertz CT molecular complexity index is 946. The SMILES string of the molecule is COc1ccc2[nH]c3c(c2c1)CN(C(=O)[C@@H](C)n1cc(Cl)cn1)CC3. The lowest BCUT2D eigenvalue weighted by Gasteiger charge is -2.29. The predicted octanol–water partition coefficient (Wildman–Crippen LogP) is 3.17. The lowest BCUT2D eigenvalue weighted by molar-refractivity contribution is -0.135. The normalized spacial score (nSPS) is 15.2. The van der Waals surface area contributed by atoms with Gasteiger partial charge in [-0.2, -0.15) is 5.10 Å². The van der Waals surface area contributed by atoms with Crippen LogP contribution in [0.1, 0.15) is 24.2 Å². The third-order valence-corrected chi connectivity index (χ3v) is 5.01. The summed E-state index contributed by atoms with van der Waals surface area (Å²) in [6.45, 7) is 3.12. The fourth-order valence-electron chi connectivity index (χ4n) is 3.41. The summed E-state index contributed by atoms with van der Waals surface area (Å²) in [5, 5.41) is 5.80. The van der Waals surface area contributed by atoms with Crippen molar-refractivity contribution in [2.45, 2.75) is 25.9 Å². The second kappa shape index (κ2) is 6.11. The lowest BCUT2D eigenvalue weighted by Crippen LogP contribution is -2.39. The molecule has 25 heavy (non-hydrogen) atoms. The van der Waals surface area contributed by atoms with E-state index in [4.69, 9.17) is 16.3 Å². The lowest BCUT2D eigenvalue weighted by atomic mass is 10.0. The number of halogens is 1. The molecule has 1 atom stereocenters. The largest absolute Gasteiger partial charge is 0.497 e. The Balaban J connectivity index is 1.62. The molecule has 1 aliphatic rings. The number of benzene rings is 1. The van der Waals surface area contributed by atoms with Crippen LogP contribution in [0, 0.1) is 0 Å². The summed E-state index contributed by atoms with van der Waals surface area (Å²) in [5.41, 5.74) is 3.44. The summed E-state index contributed by atoms with van der Waals surface area (Å²) in [7, 11) is 1.66. The molecule has 1 N–H and O–H groups in total. The minimum absolute atomic E-state index is 0.0441. The molecule has 3 heterocycles. The molecule has 1 aliphatic heterocycles. The van der Waals surface area contributed by atoms with E-state index in [0.29, 0.717) is 18.1 Å². The Labute approximate surface area is 150 Å². The fourth-order valence-corrected chi connectivity index (χ4v) is 3.56. The van der Waals surface area contributed by atoms with Crippen molar-refractivity contribution in [2.24, 2.45) is 0 Å². The molecule has 2 aromatic heterocycles. The van der Waals surface area contributed by atoms with Crippen LogP contribution in [0.15, 0.2) is 30.6 Å². The zero-order valence-corrected chi connectivity index (χ0v) is 14.9.